The van der Waals surface area contributed by atoms with Gasteiger partial charge < -0.3 is 5.32 Å². The van der Waals surface area contributed by atoms with E-state index in [1.807, 2.05) is 23.1 Å². The minimum atomic E-state index is 0.690. The van der Waals surface area contributed by atoms with Crippen molar-refractivity contribution < 1.29 is 0 Å². The van der Waals surface area contributed by atoms with Crippen molar-refractivity contribution in [2.75, 3.05) is 6.54 Å². The number of nitrogens with one attached hydrogen (secondary N) is 1. The van der Waals surface area contributed by atoms with Crippen LogP contribution in [-0.2, 0) is 12.3 Å². The molecule has 0 amide bonds. The minimum absolute atomic E-state index is 0.690. The predicted octanol–water partition coefficient (Wildman–Crippen LogP) is 4.80. The normalized spacial score (nSPS) is 11.3. The Hall–Kier alpha value is -0.840. The third-order valence-electron chi connectivity index (χ3n) is 3.16. The molecule has 0 radical (unpaired) electrons. The van der Waals surface area contributed by atoms with E-state index in [0.717, 1.165) is 18.8 Å². The van der Waals surface area contributed by atoms with E-state index >= 15 is 0 Å². The van der Waals surface area contributed by atoms with Crippen LogP contribution in [0.1, 0.15) is 35.0 Å². The van der Waals surface area contributed by atoms with Gasteiger partial charge in [-0.25, -0.2) is 4.98 Å². The Morgan fingerprint density at radius 3 is 2.57 bits per heavy atom. The maximum Gasteiger partial charge on any atom is 0.103 e. The van der Waals surface area contributed by atoms with Gasteiger partial charge in [0.2, 0.25) is 0 Å². The van der Waals surface area contributed by atoms with Crippen molar-refractivity contribution in [1.29, 1.82) is 0 Å². The van der Waals surface area contributed by atoms with E-state index in [0.29, 0.717) is 5.92 Å². The van der Waals surface area contributed by atoms with Crippen LogP contribution in [-0.4, -0.2) is 11.5 Å². The Labute approximate surface area is 136 Å². The van der Waals surface area contributed by atoms with Gasteiger partial charge >= 0.3 is 0 Å². The summed E-state index contributed by atoms with van der Waals surface area (Å²) >= 11 is 3.70. The molecule has 0 spiro atoms. The average Bonchev–Trinajstić information content (AvgIpc) is 2.78. The zero-order valence-electron chi connectivity index (χ0n) is 13.3. The van der Waals surface area contributed by atoms with Gasteiger partial charge in [-0.3, -0.25) is 0 Å². The van der Waals surface area contributed by atoms with Crippen molar-refractivity contribution >= 4 is 23.1 Å². The van der Waals surface area contributed by atoms with E-state index in [9.17, 15) is 0 Å². The van der Waals surface area contributed by atoms with E-state index in [-0.39, 0.29) is 0 Å². The highest BCUT2D eigenvalue weighted by molar-refractivity contribution is 7.98. The first-order valence-corrected chi connectivity index (χ1v) is 9.20. The molecule has 0 bridgehead atoms. The van der Waals surface area contributed by atoms with E-state index in [1.165, 1.54) is 26.0 Å². The van der Waals surface area contributed by atoms with Crippen LogP contribution in [0.15, 0.2) is 29.2 Å². The number of thiazole rings is 1. The lowest BCUT2D eigenvalue weighted by Gasteiger charge is -2.05. The van der Waals surface area contributed by atoms with Crippen LogP contribution in [0, 0.1) is 19.8 Å². The summed E-state index contributed by atoms with van der Waals surface area (Å²) in [6.07, 6.45) is 0. The van der Waals surface area contributed by atoms with Gasteiger partial charge in [0.05, 0.1) is 11.4 Å². The number of hydrogen-bond acceptors (Lipinski definition) is 4. The van der Waals surface area contributed by atoms with Crippen molar-refractivity contribution in [3.8, 4) is 0 Å². The fourth-order valence-corrected chi connectivity index (χ4v) is 3.90. The summed E-state index contributed by atoms with van der Waals surface area (Å²) in [6, 6.07) is 8.70. The topological polar surface area (TPSA) is 24.9 Å². The summed E-state index contributed by atoms with van der Waals surface area (Å²) in [6.45, 7) is 10.7. The number of hydrogen-bond donors (Lipinski definition) is 1. The molecule has 0 aliphatic heterocycles. The van der Waals surface area contributed by atoms with Gasteiger partial charge in [0.1, 0.15) is 5.01 Å². The Morgan fingerprint density at radius 2 is 1.90 bits per heavy atom. The molecule has 2 rings (SSSR count). The molecule has 0 atom stereocenters. The molecule has 0 fully saturated rings. The molecule has 1 heterocycles. The molecule has 1 N–H and O–H groups in total. The number of thioether (sulfide) groups is 1. The lowest BCUT2D eigenvalue weighted by Crippen LogP contribution is -2.18. The van der Waals surface area contributed by atoms with Crippen LogP contribution in [0.4, 0.5) is 0 Å². The lowest BCUT2D eigenvalue weighted by atomic mass is 10.2. The molecule has 2 aromatic rings. The highest BCUT2D eigenvalue weighted by atomic mass is 32.2. The molecule has 0 saturated heterocycles. The van der Waals surface area contributed by atoms with Gasteiger partial charge in [0.15, 0.2) is 0 Å². The second-order valence-corrected chi connectivity index (χ2v) is 7.96. The average molecular weight is 321 g/mol. The van der Waals surface area contributed by atoms with E-state index in [2.05, 4.69) is 57.3 Å². The summed E-state index contributed by atoms with van der Waals surface area (Å²) in [4.78, 5) is 7.38. The first kappa shape index (κ1) is 16.5. The number of aromatic nitrogens is 1. The van der Waals surface area contributed by atoms with Crippen molar-refractivity contribution in [1.82, 2.24) is 10.3 Å². The Kier molecular flexibility index (Phi) is 6.27. The molecule has 0 unspecified atom stereocenters. The van der Waals surface area contributed by atoms with Gasteiger partial charge in [-0.2, -0.15) is 0 Å². The van der Waals surface area contributed by atoms with Crippen molar-refractivity contribution in [3.63, 3.8) is 0 Å². The number of benzene rings is 1. The Bertz CT molecular complexity index is 559. The second-order valence-electron chi connectivity index (χ2n) is 5.74. The summed E-state index contributed by atoms with van der Waals surface area (Å²) in [7, 11) is 0. The van der Waals surface area contributed by atoms with Gasteiger partial charge in [-0.15, -0.1) is 23.1 Å². The van der Waals surface area contributed by atoms with E-state index in [1.54, 1.807) is 0 Å². The highest BCUT2D eigenvalue weighted by Gasteiger charge is 2.08. The first-order chi connectivity index (χ1) is 10.0. The van der Waals surface area contributed by atoms with Crippen LogP contribution in [0.3, 0.4) is 0 Å². The highest BCUT2D eigenvalue weighted by Crippen LogP contribution is 2.27. The monoisotopic (exact) mass is 320 g/mol. The number of nitrogens with zero attached hydrogens (tertiary/aromatic N) is 1. The second kappa shape index (κ2) is 7.97. The summed E-state index contributed by atoms with van der Waals surface area (Å²) in [5.74, 6) is 1.65. The molecule has 1 aromatic heterocycles. The summed E-state index contributed by atoms with van der Waals surface area (Å²) in [5, 5.41) is 4.72. The predicted molar refractivity (Wildman–Crippen MR) is 94.1 cm³/mol. The Morgan fingerprint density at radius 1 is 1.19 bits per heavy atom. The standard InChI is InChI=1S/C17H24N2S2/c1-12(2)9-18-10-16-14(4)19-17(21-16)11-20-15-7-5-13(3)6-8-15/h5-8,12,18H,9-11H2,1-4H3. The molecule has 4 heteroatoms. The maximum atomic E-state index is 4.70. The van der Waals surface area contributed by atoms with Crippen molar-refractivity contribution in [3.05, 3.63) is 45.4 Å². The smallest absolute Gasteiger partial charge is 0.103 e. The van der Waals surface area contributed by atoms with Gasteiger partial charge in [0, 0.05) is 16.3 Å². The van der Waals surface area contributed by atoms with Crippen molar-refractivity contribution in [2.45, 2.75) is 44.9 Å². The zero-order chi connectivity index (χ0) is 15.2. The molecule has 0 aliphatic carbocycles. The fraction of sp³-hybridized carbons (Fsp3) is 0.471. The first-order valence-electron chi connectivity index (χ1n) is 7.40. The van der Waals surface area contributed by atoms with E-state index < -0.39 is 0 Å². The van der Waals surface area contributed by atoms with Gasteiger partial charge in [-0.1, -0.05) is 31.5 Å². The quantitative estimate of drug-likeness (QED) is 0.742. The minimum Gasteiger partial charge on any atom is -0.312 e. The molecular weight excluding hydrogens is 296 g/mol. The number of rotatable bonds is 7. The maximum absolute atomic E-state index is 4.70. The molecule has 1 aromatic carbocycles. The molecule has 0 saturated carbocycles. The molecule has 0 aliphatic rings. The third kappa shape index (κ3) is 5.46. The van der Waals surface area contributed by atoms with Crippen LogP contribution >= 0.6 is 23.1 Å². The summed E-state index contributed by atoms with van der Waals surface area (Å²) in [5.41, 5.74) is 2.48. The van der Waals surface area contributed by atoms with Crippen LogP contribution in [0.5, 0.6) is 0 Å². The number of aryl methyl sites for hydroxylation is 2. The van der Waals surface area contributed by atoms with Crippen LogP contribution in [0.25, 0.3) is 0 Å². The van der Waals surface area contributed by atoms with Gasteiger partial charge in [0.25, 0.3) is 0 Å². The molecule has 21 heavy (non-hydrogen) atoms. The Balaban J connectivity index is 1.87. The van der Waals surface area contributed by atoms with Crippen molar-refractivity contribution in [2.24, 2.45) is 5.92 Å². The molecular formula is C17H24N2S2. The SMILES string of the molecule is Cc1ccc(SCc2nc(C)c(CNCC(C)C)s2)cc1. The fourth-order valence-electron chi connectivity index (χ4n) is 1.97. The lowest BCUT2D eigenvalue weighted by molar-refractivity contribution is 0.554. The van der Waals surface area contributed by atoms with Crippen LogP contribution < -0.4 is 5.32 Å². The molecule has 2 nitrogen and oxygen atoms in total. The third-order valence-corrected chi connectivity index (χ3v) is 5.52. The van der Waals surface area contributed by atoms with Gasteiger partial charge in [-0.05, 0) is 38.4 Å². The molecule has 114 valence electrons. The summed E-state index contributed by atoms with van der Waals surface area (Å²) < 4.78 is 0. The zero-order valence-corrected chi connectivity index (χ0v) is 14.9. The van der Waals surface area contributed by atoms with Crippen LogP contribution in [0.2, 0.25) is 0 Å². The van der Waals surface area contributed by atoms with E-state index in [4.69, 9.17) is 4.98 Å². The largest absolute Gasteiger partial charge is 0.312 e.